The molecule has 0 bridgehead atoms. The van der Waals surface area contributed by atoms with Gasteiger partial charge < -0.3 is 24.8 Å². The number of H-pyrrole nitrogens is 1. The van der Waals surface area contributed by atoms with Crippen LogP contribution in [0.25, 0.3) is 5.70 Å². The van der Waals surface area contributed by atoms with E-state index in [0.29, 0.717) is 12.4 Å². The zero-order valence-electron chi connectivity index (χ0n) is 20.1. The van der Waals surface area contributed by atoms with E-state index in [-0.39, 0.29) is 0 Å². The van der Waals surface area contributed by atoms with Crippen molar-refractivity contribution in [2.24, 2.45) is 0 Å². The molecule has 3 aromatic rings. The Kier molecular flexibility index (Phi) is 6.83. The maximum absolute atomic E-state index is 5.26. The molecule has 2 N–H and O–H groups in total. The fraction of sp³-hybridized carbons (Fsp3) is 0.370. The molecule has 0 radical (unpaired) electrons. The number of nitrogens with one attached hydrogen (secondary N) is 2. The molecule has 7 nitrogen and oxygen atoms in total. The molecule has 0 aliphatic carbocycles. The number of anilines is 1. The van der Waals surface area contributed by atoms with Crippen LogP contribution in [-0.2, 0) is 19.6 Å². The van der Waals surface area contributed by atoms with E-state index in [9.17, 15) is 0 Å². The van der Waals surface area contributed by atoms with Gasteiger partial charge in [0, 0.05) is 80.9 Å². The van der Waals surface area contributed by atoms with Crippen LogP contribution in [0, 0.1) is 0 Å². The van der Waals surface area contributed by atoms with E-state index in [1.807, 2.05) is 18.3 Å². The van der Waals surface area contributed by atoms with Crippen molar-refractivity contribution in [3.8, 4) is 5.88 Å². The van der Waals surface area contributed by atoms with Crippen molar-refractivity contribution >= 4 is 11.4 Å². The van der Waals surface area contributed by atoms with Crippen molar-refractivity contribution in [1.29, 1.82) is 0 Å². The molecule has 178 valence electrons. The van der Waals surface area contributed by atoms with Gasteiger partial charge in [-0.3, -0.25) is 4.90 Å². The van der Waals surface area contributed by atoms with Gasteiger partial charge in [-0.25, -0.2) is 4.98 Å². The van der Waals surface area contributed by atoms with E-state index in [0.717, 1.165) is 44.0 Å². The van der Waals surface area contributed by atoms with E-state index >= 15 is 0 Å². The van der Waals surface area contributed by atoms with E-state index < -0.39 is 0 Å². The van der Waals surface area contributed by atoms with Crippen molar-refractivity contribution in [2.75, 3.05) is 44.7 Å². The zero-order chi connectivity index (χ0) is 23.3. The predicted octanol–water partition coefficient (Wildman–Crippen LogP) is 3.66. The van der Waals surface area contributed by atoms with Crippen molar-refractivity contribution in [1.82, 2.24) is 25.1 Å². The molecular formula is C27H34N6O. The van der Waals surface area contributed by atoms with E-state index in [4.69, 9.17) is 4.74 Å². The number of likely N-dealkylation sites (N-methyl/N-ethyl adjacent to an activating group) is 1. The minimum Gasteiger partial charge on any atom is -0.481 e. The first kappa shape index (κ1) is 22.5. The van der Waals surface area contributed by atoms with Gasteiger partial charge in [0.15, 0.2) is 0 Å². The molecule has 5 rings (SSSR count). The topological polar surface area (TPSA) is 59.7 Å². The minimum absolute atomic E-state index is 0.633. The van der Waals surface area contributed by atoms with Crippen molar-refractivity contribution in [2.45, 2.75) is 26.6 Å². The van der Waals surface area contributed by atoms with Gasteiger partial charge >= 0.3 is 0 Å². The molecular weight excluding hydrogens is 424 g/mol. The molecule has 0 spiro atoms. The number of nitrogens with zero attached hydrogens (tertiary/aromatic N) is 4. The van der Waals surface area contributed by atoms with Crippen molar-refractivity contribution < 1.29 is 4.74 Å². The Morgan fingerprint density at radius 1 is 1.00 bits per heavy atom. The van der Waals surface area contributed by atoms with Gasteiger partial charge in [-0.2, -0.15) is 0 Å². The lowest BCUT2D eigenvalue weighted by atomic mass is 10.1. The van der Waals surface area contributed by atoms with Crippen LogP contribution in [-0.4, -0.2) is 59.6 Å². The standard InChI is InChI=1S/C27H34N6O/c1-3-31-12-14-32(15-13-31)18-21-4-6-23(7-5-21)33-19-25-24(9-11-28-25)26(20-33)30-17-22-8-10-29-27(16-22)34-2/h4-11,16,20,28,30H,3,12-15,17-19H2,1-2H3. The van der Waals surface area contributed by atoms with E-state index in [2.05, 4.69) is 73.4 Å². The van der Waals surface area contributed by atoms with E-state index in [1.54, 1.807) is 13.3 Å². The number of methoxy groups -OCH3 is 1. The summed E-state index contributed by atoms with van der Waals surface area (Å²) in [5.74, 6) is 0.633. The predicted molar refractivity (Wildman–Crippen MR) is 136 cm³/mol. The molecule has 4 heterocycles. The molecule has 0 saturated carbocycles. The van der Waals surface area contributed by atoms with Crippen molar-refractivity contribution in [3.05, 3.63) is 83.4 Å². The van der Waals surface area contributed by atoms with Crippen LogP contribution >= 0.6 is 0 Å². The number of ether oxygens (including phenoxy) is 1. The highest BCUT2D eigenvalue weighted by atomic mass is 16.5. The summed E-state index contributed by atoms with van der Waals surface area (Å²) in [4.78, 5) is 15.0. The van der Waals surface area contributed by atoms with Crippen LogP contribution in [0.1, 0.15) is 29.3 Å². The minimum atomic E-state index is 0.633. The lowest BCUT2D eigenvalue weighted by Gasteiger charge is -2.34. The Balaban J connectivity index is 1.26. The molecule has 2 aliphatic heterocycles. The Labute approximate surface area is 202 Å². The smallest absolute Gasteiger partial charge is 0.213 e. The molecule has 1 saturated heterocycles. The normalized spacial score (nSPS) is 16.8. The summed E-state index contributed by atoms with van der Waals surface area (Å²) in [6, 6.07) is 15.1. The molecule has 1 fully saturated rings. The summed E-state index contributed by atoms with van der Waals surface area (Å²) in [5, 5.41) is 3.61. The van der Waals surface area contributed by atoms with E-state index in [1.165, 1.54) is 35.6 Å². The van der Waals surface area contributed by atoms with Gasteiger partial charge in [0.2, 0.25) is 5.88 Å². The second-order valence-electron chi connectivity index (χ2n) is 8.98. The monoisotopic (exact) mass is 458 g/mol. The van der Waals surface area contributed by atoms with Gasteiger partial charge in [-0.05, 0) is 41.9 Å². The first-order chi connectivity index (χ1) is 16.7. The summed E-state index contributed by atoms with van der Waals surface area (Å²) < 4.78 is 5.26. The Morgan fingerprint density at radius 3 is 2.56 bits per heavy atom. The maximum atomic E-state index is 5.26. The highest BCUT2D eigenvalue weighted by molar-refractivity contribution is 5.72. The van der Waals surface area contributed by atoms with Crippen LogP contribution in [0.5, 0.6) is 5.88 Å². The first-order valence-electron chi connectivity index (χ1n) is 12.1. The van der Waals surface area contributed by atoms with Crippen LogP contribution < -0.4 is 15.0 Å². The highest BCUT2D eigenvalue weighted by Gasteiger charge is 2.20. The second-order valence-corrected chi connectivity index (χ2v) is 8.98. The molecule has 0 atom stereocenters. The summed E-state index contributed by atoms with van der Waals surface area (Å²) in [7, 11) is 1.64. The third kappa shape index (κ3) is 5.11. The number of fused-ring (bicyclic) bond motifs is 1. The Bertz CT molecular complexity index is 1110. The van der Waals surface area contributed by atoms with Crippen LogP contribution in [0.4, 0.5) is 5.69 Å². The molecule has 2 aliphatic rings. The number of aromatic nitrogens is 2. The number of pyridine rings is 1. The summed E-state index contributed by atoms with van der Waals surface area (Å²) in [6.07, 6.45) is 6.01. The molecule has 1 aromatic carbocycles. The number of aromatic amines is 1. The maximum Gasteiger partial charge on any atom is 0.213 e. The van der Waals surface area contributed by atoms with Gasteiger partial charge in [0.05, 0.1) is 19.4 Å². The first-order valence-corrected chi connectivity index (χ1v) is 12.1. The fourth-order valence-electron chi connectivity index (χ4n) is 4.72. The average Bonchev–Trinajstić information content (AvgIpc) is 3.37. The third-order valence-electron chi connectivity index (χ3n) is 6.81. The second kappa shape index (κ2) is 10.3. The largest absolute Gasteiger partial charge is 0.481 e. The number of rotatable bonds is 8. The Morgan fingerprint density at radius 2 is 1.79 bits per heavy atom. The molecule has 34 heavy (non-hydrogen) atoms. The lowest BCUT2D eigenvalue weighted by Crippen LogP contribution is -2.45. The highest BCUT2D eigenvalue weighted by Crippen LogP contribution is 2.29. The summed E-state index contributed by atoms with van der Waals surface area (Å²) in [6.45, 7) is 10.6. The van der Waals surface area contributed by atoms with Crippen LogP contribution in [0.3, 0.4) is 0 Å². The average molecular weight is 459 g/mol. The van der Waals surface area contributed by atoms with Gasteiger partial charge in [-0.1, -0.05) is 19.1 Å². The zero-order valence-corrected chi connectivity index (χ0v) is 20.1. The van der Waals surface area contributed by atoms with Crippen molar-refractivity contribution in [3.63, 3.8) is 0 Å². The van der Waals surface area contributed by atoms with Gasteiger partial charge in [-0.15, -0.1) is 0 Å². The number of piperazine rings is 1. The number of benzene rings is 1. The SMILES string of the molecule is CCN1CCN(Cc2ccc(N3C=C(NCc4ccnc(OC)c4)c4cc[nH]c4C3)cc2)CC1. The van der Waals surface area contributed by atoms with Gasteiger partial charge in [0.25, 0.3) is 0 Å². The lowest BCUT2D eigenvalue weighted by molar-refractivity contribution is 0.132. The molecule has 2 aromatic heterocycles. The summed E-state index contributed by atoms with van der Waals surface area (Å²) >= 11 is 0. The molecule has 7 heteroatoms. The van der Waals surface area contributed by atoms with Gasteiger partial charge in [0.1, 0.15) is 0 Å². The fourth-order valence-corrected chi connectivity index (χ4v) is 4.72. The van der Waals surface area contributed by atoms with Crippen LogP contribution in [0.2, 0.25) is 0 Å². The summed E-state index contributed by atoms with van der Waals surface area (Å²) in [5.41, 5.74) is 7.25. The third-order valence-corrected chi connectivity index (χ3v) is 6.81. The van der Waals surface area contributed by atoms with Crippen LogP contribution in [0.15, 0.2) is 61.1 Å². The molecule has 0 amide bonds. The molecule has 0 unspecified atom stereocenters. The number of hydrogen-bond donors (Lipinski definition) is 2. The quantitative estimate of drug-likeness (QED) is 0.537. The Hall–Kier alpha value is -3.29. The number of hydrogen-bond acceptors (Lipinski definition) is 6.